The molecule has 0 fully saturated rings. The Morgan fingerprint density at radius 2 is 1.82 bits per heavy atom. The summed E-state index contributed by atoms with van der Waals surface area (Å²) in [6, 6.07) is 8.63. The first-order chi connectivity index (χ1) is 8.29. The fourth-order valence-corrected chi connectivity index (χ4v) is 2.26. The molecule has 1 heterocycles. The van der Waals surface area contributed by atoms with Gasteiger partial charge >= 0.3 is 0 Å². The van der Waals surface area contributed by atoms with Gasteiger partial charge in [0, 0.05) is 26.1 Å². The van der Waals surface area contributed by atoms with E-state index in [1.54, 1.807) is 0 Å². The molecule has 0 radical (unpaired) electrons. The molecule has 3 N–H and O–H groups in total. The van der Waals surface area contributed by atoms with Gasteiger partial charge in [-0.1, -0.05) is 29.4 Å². The molecule has 0 aliphatic carbocycles. The van der Waals surface area contributed by atoms with Gasteiger partial charge in [-0.05, 0) is 24.0 Å². The van der Waals surface area contributed by atoms with Gasteiger partial charge in [0.25, 0.3) is 0 Å². The molecule has 1 aromatic rings. The van der Waals surface area contributed by atoms with E-state index in [1.807, 2.05) is 0 Å². The molecule has 0 atom stereocenters. The topological polar surface area (TPSA) is 61.8 Å². The lowest BCUT2D eigenvalue weighted by molar-refractivity contribution is 0.289. The third-order valence-corrected chi connectivity index (χ3v) is 3.33. The van der Waals surface area contributed by atoms with Gasteiger partial charge in [-0.3, -0.25) is 0 Å². The van der Waals surface area contributed by atoms with Crippen LogP contribution in [0.25, 0.3) is 0 Å². The highest BCUT2D eigenvalue weighted by Gasteiger charge is 2.13. The summed E-state index contributed by atoms with van der Waals surface area (Å²) in [5.74, 6) is 0.312. The summed E-state index contributed by atoms with van der Waals surface area (Å²) in [5.41, 5.74) is 8.40. The molecule has 1 aromatic carbocycles. The predicted molar refractivity (Wildman–Crippen MR) is 68.3 cm³/mol. The molecule has 0 unspecified atom stereocenters. The van der Waals surface area contributed by atoms with Crippen LogP contribution >= 0.6 is 0 Å². The quantitative estimate of drug-likeness (QED) is 0.357. The summed E-state index contributed by atoms with van der Waals surface area (Å²) in [5, 5.41) is 11.5. The summed E-state index contributed by atoms with van der Waals surface area (Å²) in [7, 11) is 0. The second-order valence-electron chi connectivity index (χ2n) is 4.45. The van der Waals surface area contributed by atoms with Crippen LogP contribution in [-0.2, 0) is 12.8 Å². The normalized spacial score (nSPS) is 17.5. The van der Waals surface area contributed by atoms with Crippen LogP contribution in [0.3, 0.4) is 0 Å². The lowest BCUT2D eigenvalue weighted by Gasteiger charge is -2.18. The lowest BCUT2D eigenvalue weighted by Crippen LogP contribution is -2.30. The van der Waals surface area contributed by atoms with Gasteiger partial charge in [0.05, 0.1) is 0 Å². The molecule has 1 aliphatic rings. The van der Waals surface area contributed by atoms with Gasteiger partial charge in [0.2, 0.25) is 0 Å². The summed E-state index contributed by atoms with van der Waals surface area (Å²) in [6.45, 7) is 2.97. The fraction of sp³-hybridized carbons (Fsp3) is 0.462. The van der Waals surface area contributed by atoms with Crippen LogP contribution in [0.2, 0.25) is 0 Å². The maximum Gasteiger partial charge on any atom is 0.140 e. The fourth-order valence-electron chi connectivity index (χ4n) is 2.26. The number of nitrogens with zero attached hydrogens (tertiary/aromatic N) is 2. The predicted octanol–water partition coefficient (Wildman–Crippen LogP) is 1.22. The summed E-state index contributed by atoms with van der Waals surface area (Å²) < 4.78 is 0. The second kappa shape index (κ2) is 5.68. The Morgan fingerprint density at radius 3 is 2.35 bits per heavy atom. The minimum Gasteiger partial charge on any atom is -0.409 e. The minimum atomic E-state index is 0.312. The van der Waals surface area contributed by atoms with Crippen molar-refractivity contribution in [2.45, 2.75) is 19.3 Å². The van der Waals surface area contributed by atoms with Crippen LogP contribution in [0, 0.1) is 0 Å². The van der Waals surface area contributed by atoms with Crippen molar-refractivity contribution in [3.63, 3.8) is 0 Å². The summed E-state index contributed by atoms with van der Waals surface area (Å²) in [6.07, 6.45) is 2.81. The molecule has 0 saturated heterocycles. The molecule has 0 bridgehead atoms. The number of rotatable bonds is 3. The van der Waals surface area contributed by atoms with Crippen LogP contribution in [-0.4, -0.2) is 35.6 Å². The first kappa shape index (κ1) is 11.9. The van der Waals surface area contributed by atoms with Gasteiger partial charge in [-0.25, -0.2) is 0 Å². The zero-order chi connectivity index (χ0) is 12.1. The van der Waals surface area contributed by atoms with Crippen LogP contribution in [0.4, 0.5) is 0 Å². The van der Waals surface area contributed by atoms with E-state index in [0.717, 1.165) is 32.5 Å². The molecule has 0 amide bonds. The summed E-state index contributed by atoms with van der Waals surface area (Å²) in [4.78, 5) is 2.37. The molecule has 4 heteroatoms. The SMILES string of the molecule is NC(CCN1CCc2ccccc2CC1)=NO. The van der Waals surface area contributed by atoms with Gasteiger partial charge in [0.1, 0.15) is 5.84 Å². The molecule has 0 spiro atoms. The number of hydrogen-bond donors (Lipinski definition) is 2. The molecule has 2 rings (SSSR count). The van der Waals surface area contributed by atoms with E-state index in [-0.39, 0.29) is 0 Å². The van der Waals surface area contributed by atoms with Crippen molar-refractivity contribution in [1.82, 2.24) is 4.90 Å². The van der Waals surface area contributed by atoms with Crippen LogP contribution in [0.1, 0.15) is 17.5 Å². The van der Waals surface area contributed by atoms with Gasteiger partial charge in [0.15, 0.2) is 0 Å². The highest BCUT2D eigenvalue weighted by molar-refractivity contribution is 5.79. The molecule has 1 aliphatic heterocycles. The Kier molecular flexibility index (Phi) is 3.98. The van der Waals surface area contributed by atoms with Crippen LogP contribution < -0.4 is 5.73 Å². The Bertz CT molecular complexity index is 376. The average Bonchev–Trinajstić information content (AvgIpc) is 2.58. The van der Waals surface area contributed by atoms with E-state index >= 15 is 0 Å². The largest absolute Gasteiger partial charge is 0.409 e. The molecule has 17 heavy (non-hydrogen) atoms. The van der Waals surface area contributed by atoms with Crippen molar-refractivity contribution in [2.75, 3.05) is 19.6 Å². The van der Waals surface area contributed by atoms with Gasteiger partial charge in [-0.15, -0.1) is 0 Å². The Morgan fingerprint density at radius 1 is 1.24 bits per heavy atom. The smallest absolute Gasteiger partial charge is 0.140 e. The zero-order valence-corrected chi connectivity index (χ0v) is 9.97. The average molecular weight is 233 g/mol. The molecule has 0 aromatic heterocycles. The van der Waals surface area contributed by atoms with Crippen LogP contribution in [0.5, 0.6) is 0 Å². The molecule has 0 saturated carbocycles. The third-order valence-electron chi connectivity index (χ3n) is 3.33. The number of oxime groups is 1. The van der Waals surface area contributed by atoms with Gasteiger partial charge < -0.3 is 15.8 Å². The van der Waals surface area contributed by atoms with E-state index in [0.29, 0.717) is 12.3 Å². The minimum absolute atomic E-state index is 0.312. The van der Waals surface area contributed by atoms with Crippen molar-refractivity contribution in [2.24, 2.45) is 10.9 Å². The number of fused-ring (bicyclic) bond motifs is 1. The lowest BCUT2D eigenvalue weighted by atomic mass is 10.0. The van der Waals surface area contributed by atoms with E-state index in [9.17, 15) is 0 Å². The first-order valence-electron chi connectivity index (χ1n) is 6.05. The zero-order valence-electron chi connectivity index (χ0n) is 9.97. The Labute approximate surface area is 102 Å². The third kappa shape index (κ3) is 3.20. The standard InChI is InChI=1S/C13H19N3O/c14-13(15-17)7-10-16-8-5-11-3-1-2-4-12(11)6-9-16/h1-4,17H,5-10H2,(H2,14,15). The second-order valence-corrected chi connectivity index (χ2v) is 4.45. The first-order valence-corrected chi connectivity index (χ1v) is 6.05. The van der Waals surface area contributed by atoms with Crippen LogP contribution in [0.15, 0.2) is 29.4 Å². The van der Waals surface area contributed by atoms with Crippen molar-refractivity contribution >= 4 is 5.84 Å². The number of benzene rings is 1. The van der Waals surface area contributed by atoms with E-state index in [2.05, 4.69) is 34.3 Å². The van der Waals surface area contributed by atoms with Gasteiger partial charge in [-0.2, -0.15) is 0 Å². The summed E-state index contributed by atoms with van der Waals surface area (Å²) >= 11 is 0. The Balaban J connectivity index is 1.91. The van der Waals surface area contributed by atoms with Crippen molar-refractivity contribution < 1.29 is 5.21 Å². The van der Waals surface area contributed by atoms with E-state index < -0.39 is 0 Å². The highest BCUT2D eigenvalue weighted by Crippen LogP contribution is 2.15. The van der Waals surface area contributed by atoms with Crippen molar-refractivity contribution in [1.29, 1.82) is 0 Å². The number of amidine groups is 1. The molecular weight excluding hydrogens is 214 g/mol. The molecule has 4 nitrogen and oxygen atoms in total. The van der Waals surface area contributed by atoms with E-state index in [1.165, 1.54) is 11.1 Å². The van der Waals surface area contributed by atoms with E-state index in [4.69, 9.17) is 10.9 Å². The highest BCUT2D eigenvalue weighted by atomic mass is 16.4. The Hall–Kier alpha value is -1.55. The van der Waals surface area contributed by atoms with Crippen molar-refractivity contribution in [3.8, 4) is 0 Å². The maximum absolute atomic E-state index is 8.51. The number of hydrogen-bond acceptors (Lipinski definition) is 3. The molecule has 92 valence electrons. The van der Waals surface area contributed by atoms with Crippen molar-refractivity contribution in [3.05, 3.63) is 35.4 Å². The molecular formula is C13H19N3O. The number of nitrogens with two attached hydrogens (primary N) is 1. The maximum atomic E-state index is 8.51. The monoisotopic (exact) mass is 233 g/mol.